The number of aliphatic hydroxyl groups excluding tert-OH is 1. The van der Waals surface area contributed by atoms with E-state index in [1.807, 2.05) is 30.3 Å². The monoisotopic (exact) mass is 360 g/mol. The van der Waals surface area contributed by atoms with Crippen molar-refractivity contribution in [2.75, 3.05) is 6.61 Å². The Kier molecular flexibility index (Phi) is 5.28. The number of ether oxygens (including phenoxy) is 1. The molecule has 5 heteroatoms. The first-order valence-electron chi connectivity index (χ1n) is 5.98. The van der Waals surface area contributed by atoms with E-state index in [0.29, 0.717) is 10.9 Å². The molecular formula is C14H14BrClO2S. The summed E-state index contributed by atoms with van der Waals surface area (Å²) in [6, 6.07) is 9.38. The number of para-hydroxylation sites is 1. The summed E-state index contributed by atoms with van der Waals surface area (Å²) in [5.74, 6) is 0.720. The van der Waals surface area contributed by atoms with Crippen LogP contribution in [0.5, 0.6) is 5.75 Å². The van der Waals surface area contributed by atoms with Crippen molar-refractivity contribution >= 4 is 38.9 Å². The summed E-state index contributed by atoms with van der Waals surface area (Å²) < 4.78 is 7.11. The number of rotatable bonds is 5. The van der Waals surface area contributed by atoms with Crippen LogP contribution in [0.15, 0.2) is 34.8 Å². The molecule has 1 atom stereocenters. The Hall–Kier alpha value is -0.550. The van der Waals surface area contributed by atoms with Crippen LogP contribution < -0.4 is 4.74 Å². The molecule has 1 aromatic heterocycles. The number of hydrogen-bond donors (Lipinski definition) is 1. The molecule has 2 nitrogen and oxygen atoms in total. The minimum Gasteiger partial charge on any atom is -0.493 e. The molecule has 19 heavy (non-hydrogen) atoms. The average molecular weight is 362 g/mol. The smallest absolute Gasteiger partial charge is 0.125 e. The van der Waals surface area contributed by atoms with Crippen LogP contribution >= 0.6 is 38.9 Å². The van der Waals surface area contributed by atoms with Crippen LogP contribution in [-0.2, 0) is 0 Å². The highest BCUT2D eigenvalue weighted by molar-refractivity contribution is 9.10. The van der Waals surface area contributed by atoms with Crippen LogP contribution in [0.4, 0.5) is 0 Å². The second kappa shape index (κ2) is 6.75. The molecule has 1 unspecified atom stereocenters. The summed E-state index contributed by atoms with van der Waals surface area (Å²) in [5.41, 5.74) is 0.765. The van der Waals surface area contributed by atoms with Crippen LogP contribution in [0.25, 0.3) is 0 Å². The Morgan fingerprint density at radius 1 is 1.42 bits per heavy atom. The molecule has 2 aromatic rings. The van der Waals surface area contributed by atoms with Gasteiger partial charge in [0.25, 0.3) is 0 Å². The van der Waals surface area contributed by atoms with Crippen molar-refractivity contribution in [3.8, 4) is 5.75 Å². The SMILES string of the molecule is CCCOc1ccccc1C(O)c1cc(Br)c(Cl)s1. The molecule has 0 saturated carbocycles. The third kappa shape index (κ3) is 3.51. The maximum Gasteiger partial charge on any atom is 0.125 e. The molecule has 0 radical (unpaired) electrons. The van der Waals surface area contributed by atoms with Crippen molar-refractivity contribution in [2.24, 2.45) is 0 Å². The first kappa shape index (κ1) is 14.9. The van der Waals surface area contributed by atoms with Gasteiger partial charge in [-0.15, -0.1) is 11.3 Å². The molecule has 0 spiro atoms. The van der Waals surface area contributed by atoms with Crippen molar-refractivity contribution in [2.45, 2.75) is 19.4 Å². The van der Waals surface area contributed by atoms with E-state index >= 15 is 0 Å². The summed E-state index contributed by atoms with van der Waals surface area (Å²) >= 11 is 10.7. The maximum absolute atomic E-state index is 10.5. The van der Waals surface area contributed by atoms with Crippen molar-refractivity contribution in [3.05, 3.63) is 49.6 Å². The van der Waals surface area contributed by atoms with Crippen LogP contribution in [-0.4, -0.2) is 11.7 Å². The largest absolute Gasteiger partial charge is 0.493 e. The molecule has 2 rings (SSSR count). The highest BCUT2D eigenvalue weighted by Gasteiger charge is 2.18. The fourth-order valence-corrected chi connectivity index (χ4v) is 3.44. The van der Waals surface area contributed by atoms with E-state index in [4.69, 9.17) is 16.3 Å². The standard InChI is InChI=1S/C14H14BrClO2S/c1-2-7-18-11-6-4-3-5-9(11)13(17)12-8-10(15)14(16)19-12/h3-6,8,13,17H,2,7H2,1H3. The van der Waals surface area contributed by atoms with Gasteiger partial charge in [-0.2, -0.15) is 0 Å². The summed E-state index contributed by atoms with van der Waals surface area (Å²) in [4.78, 5) is 0.796. The number of thiophene rings is 1. The van der Waals surface area contributed by atoms with Crippen LogP contribution in [0.2, 0.25) is 4.34 Å². The molecule has 0 aliphatic carbocycles. The zero-order valence-corrected chi connectivity index (χ0v) is 13.6. The molecule has 0 aliphatic heterocycles. The van der Waals surface area contributed by atoms with E-state index < -0.39 is 6.10 Å². The molecule has 0 bridgehead atoms. The molecule has 1 aromatic carbocycles. The van der Waals surface area contributed by atoms with E-state index in [-0.39, 0.29) is 0 Å². The van der Waals surface area contributed by atoms with Crippen molar-refractivity contribution in [3.63, 3.8) is 0 Å². The predicted octanol–water partition coefficient (Wildman–Crippen LogP) is 5.03. The van der Waals surface area contributed by atoms with Gasteiger partial charge in [0.05, 0.1) is 6.61 Å². The molecule has 0 aliphatic rings. The fourth-order valence-electron chi connectivity index (χ4n) is 1.70. The van der Waals surface area contributed by atoms with Gasteiger partial charge in [0.2, 0.25) is 0 Å². The first-order chi connectivity index (χ1) is 9.13. The summed E-state index contributed by atoms with van der Waals surface area (Å²) in [6.07, 6.45) is 0.211. The van der Waals surface area contributed by atoms with Gasteiger partial charge >= 0.3 is 0 Å². The predicted molar refractivity (Wildman–Crippen MR) is 83.3 cm³/mol. The third-order valence-corrected chi connectivity index (χ3v) is 5.14. The summed E-state index contributed by atoms with van der Waals surface area (Å²) in [6.45, 7) is 2.69. The first-order valence-corrected chi connectivity index (χ1v) is 7.96. The molecule has 1 N–H and O–H groups in total. The second-order valence-electron chi connectivity index (χ2n) is 4.06. The average Bonchev–Trinajstić information content (AvgIpc) is 2.76. The van der Waals surface area contributed by atoms with Gasteiger partial charge < -0.3 is 9.84 Å². The Morgan fingerprint density at radius 3 is 2.79 bits per heavy atom. The zero-order valence-electron chi connectivity index (χ0n) is 10.4. The quantitative estimate of drug-likeness (QED) is 0.809. The maximum atomic E-state index is 10.5. The Balaban J connectivity index is 2.30. The van der Waals surface area contributed by atoms with E-state index in [9.17, 15) is 5.11 Å². The number of aliphatic hydroxyl groups is 1. The minimum absolute atomic E-state index is 0.638. The van der Waals surface area contributed by atoms with Crippen LogP contribution in [0.1, 0.15) is 29.9 Å². The van der Waals surface area contributed by atoms with Crippen LogP contribution in [0.3, 0.4) is 0 Å². The molecule has 1 heterocycles. The lowest BCUT2D eigenvalue weighted by Crippen LogP contribution is -2.03. The van der Waals surface area contributed by atoms with Crippen molar-refractivity contribution in [1.29, 1.82) is 0 Å². The lowest BCUT2D eigenvalue weighted by atomic mass is 10.1. The second-order valence-corrected chi connectivity index (χ2v) is 6.60. The van der Waals surface area contributed by atoms with Crippen molar-refractivity contribution < 1.29 is 9.84 Å². The van der Waals surface area contributed by atoms with Gasteiger partial charge in [-0.25, -0.2) is 0 Å². The number of halogens is 2. The molecule has 0 amide bonds. The minimum atomic E-state index is -0.721. The normalized spacial score (nSPS) is 12.4. The molecular weight excluding hydrogens is 348 g/mol. The Bertz CT molecular complexity index is 537. The number of benzene rings is 1. The number of hydrogen-bond acceptors (Lipinski definition) is 3. The van der Waals surface area contributed by atoms with Crippen LogP contribution in [0, 0.1) is 0 Å². The van der Waals surface area contributed by atoms with Gasteiger partial charge in [0.1, 0.15) is 16.2 Å². The zero-order chi connectivity index (χ0) is 13.8. The highest BCUT2D eigenvalue weighted by atomic mass is 79.9. The lowest BCUT2D eigenvalue weighted by Gasteiger charge is -2.14. The topological polar surface area (TPSA) is 29.5 Å². The molecule has 0 saturated heterocycles. The Morgan fingerprint density at radius 2 is 2.16 bits per heavy atom. The van der Waals surface area contributed by atoms with Gasteiger partial charge in [-0.3, -0.25) is 0 Å². The lowest BCUT2D eigenvalue weighted by molar-refractivity contribution is 0.214. The van der Waals surface area contributed by atoms with E-state index in [1.165, 1.54) is 11.3 Å². The van der Waals surface area contributed by atoms with Gasteiger partial charge in [-0.05, 0) is 34.5 Å². The summed E-state index contributed by atoms with van der Waals surface area (Å²) in [7, 11) is 0. The van der Waals surface area contributed by atoms with E-state index in [0.717, 1.165) is 27.1 Å². The molecule has 0 fully saturated rings. The van der Waals surface area contributed by atoms with Gasteiger partial charge in [-0.1, -0.05) is 36.7 Å². The fraction of sp³-hybridized carbons (Fsp3) is 0.286. The van der Waals surface area contributed by atoms with Crippen molar-refractivity contribution in [1.82, 2.24) is 0 Å². The highest BCUT2D eigenvalue weighted by Crippen LogP contribution is 2.39. The van der Waals surface area contributed by atoms with E-state index in [2.05, 4.69) is 22.9 Å². The van der Waals surface area contributed by atoms with Gasteiger partial charge in [0.15, 0.2) is 0 Å². The molecule has 102 valence electrons. The third-order valence-electron chi connectivity index (χ3n) is 2.61. The Labute approximate surface area is 130 Å². The van der Waals surface area contributed by atoms with E-state index in [1.54, 1.807) is 0 Å². The van der Waals surface area contributed by atoms with Gasteiger partial charge in [0, 0.05) is 14.9 Å². The summed E-state index contributed by atoms with van der Waals surface area (Å²) in [5, 5.41) is 10.5.